The van der Waals surface area contributed by atoms with E-state index in [2.05, 4.69) is 37.5 Å². The van der Waals surface area contributed by atoms with Gasteiger partial charge in [-0.2, -0.15) is 0 Å². The van der Waals surface area contributed by atoms with Crippen LogP contribution in [-0.2, 0) is 17.8 Å². The van der Waals surface area contributed by atoms with Crippen LogP contribution < -0.4 is 19.7 Å². The van der Waals surface area contributed by atoms with Gasteiger partial charge in [-0.15, -0.1) is 10.2 Å². The standard InChI is InChI=1S/C29H28BrN5O4S/c1-38-24-14-9-20(16-25(24)39-2)28(37)31-17-26-32-33-29(35(26)22-12-10-21(30)11-13-22)40-18-27(36)34-15-5-7-19-6-3-4-8-23(19)34/h3-4,6,8-14,16H,5,7,15,17-18H2,1-2H3,(H,31,37). The van der Waals surface area contributed by atoms with Gasteiger partial charge in [0.25, 0.3) is 5.91 Å². The van der Waals surface area contributed by atoms with Gasteiger partial charge in [0.15, 0.2) is 22.5 Å². The Balaban J connectivity index is 1.34. The highest BCUT2D eigenvalue weighted by molar-refractivity contribution is 9.10. The number of hydrogen-bond acceptors (Lipinski definition) is 7. The van der Waals surface area contributed by atoms with Crippen molar-refractivity contribution in [2.75, 3.05) is 31.4 Å². The number of aryl methyl sites for hydroxylation is 1. The summed E-state index contributed by atoms with van der Waals surface area (Å²) >= 11 is 4.80. The van der Waals surface area contributed by atoms with Crippen LogP contribution in [-0.4, -0.2) is 53.1 Å². The SMILES string of the molecule is COc1ccc(C(=O)NCc2nnc(SCC(=O)N3CCCc4ccccc43)n2-c2ccc(Br)cc2)cc1OC. The second kappa shape index (κ2) is 12.6. The van der Waals surface area contributed by atoms with Gasteiger partial charge < -0.3 is 19.7 Å². The van der Waals surface area contributed by atoms with Gasteiger partial charge in [-0.1, -0.05) is 45.9 Å². The molecule has 3 aromatic carbocycles. The minimum atomic E-state index is -0.292. The molecular formula is C29H28BrN5O4S. The number of rotatable bonds is 9. The van der Waals surface area contributed by atoms with Crippen molar-refractivity contribution in [1.82, 2.24) is 20.1 Å². The fourth-order valence-electron chi connectivity index (χ4n) is 4.59. The third kappa shape index (κ3) is 6.00. The van der Waals surface area contributed by atoms with Crippen LogP contribution in [0.5, 0.6) is 11.5 Å². The Hall–Kier alpha value is -3.83. The van der Waals surface area contributed by atoms with Gasteiger partial charge >= 0.3 is 0 Å². The molecule has 11 heteroatoms. The molecule has 2 amide bonds. The van der Waals surface area contributed by atoms with Crippen LogP contribution >= 0.6 is 27.7 Å². The summed E-state index contributed by atoms with van der Waals surface area (Å²) in [4.78, 5) is 28.1. The number of ether oxygens (including phenoxy) is 2. The van der Waals surface area contributed by atoms with Crippen LogP contribution in [0.1, 0.15) is 28.2 Å². The lowest BCUT2D eigenvalue weighted by atomic mass is 10.0. The van der Waals surface area contributed by atoms with Crippen molar-refractivity contribution in [3.63, 3.8) is 0 Å². The molecule has 0 spiro atoms. The number of thioether (sulfide) groups is 1. The zero-order chi connectivity index (χ0) is 28.1. The summed E-state index contributed by atoms with van der Waals surface area (Å²) < 4.78 is 13.4. The molecule has 0 aliphatic carbocycles. The number of fused-ring (bicyclic) bond motifs is 1. The van der Waals surface area contributed by atoms with Crippen LogP contribution in [0.2, 0.25) is 0 Å². The van der Waals surface area contributed by atoms with Gasteiger partial charge in [0.05, 0.1) is 26.5 Å². The number of halogens is 1. The quantitative estimate of drug-likeness (QED) is 0.261. The first-order chi connectivity index (χ1) is 19.5. The predicted octanol–water partition coefficient (Wildman–Crippen LogP) is 5.05. The first-order valence-corrected chi connectivity index (χ1v) is 14.5. The van der Waals surface area contributed by atoms with Gasteiger partial charge in [0.1, 0.15) is 0 Å². The van der Waals surface area contributed by atoms with Crippen molar-refractivity contribution >= 4 is 45.2 Å². The predicted molar refractivity (Wildman–Crippen MR) is 158 cm³/mol. The highest BCUT2D eigenvalue weighted by Gasteiger charge is 2.24. The summed E-state index contributed by atoms with van der Waals surface area (Å²) in [6.07, 6.45) is 1.91. The Morgan fingerprint density at radius 2 is 1.77 bits per heavy atom. The maximum Gasteiger partial charge on any atom is 0.251 e. The van der Waals surface area contributed by atoms with Crippen molar-refractivity contribution in [3.05, 3.63) is 88.2 Å². The van der Waals surface area contributed by atoms with E-state index in [0.29, 0.717) is 34.6 Å². The van der Waals surface area contributed by atoms with E-state index in [1.807, 2.05) is 51.9 Å². The van der Waals surface area contributed by atoms with Gasteiger partial charge in [-0.3, -0.25) is 14.2 Å². The first-order valence-electron chi connectivity index (χ1n) is 12.7. The normalized spacial score (nSPS) is 12.5. The number of carbonyl (C=O) groups is 2. The molecular weight excluding hydrogens is 594 g/mol. The lowest BCUT2D eigenvalue weighted by Gasteiger charge is -2.29. The molecule has 1 aromatic heterocycles. The smallest absolute Gasteiger partial charge is 0.251 e. The zero-order valence-electron chi connectivity index (χ0n) is 22.1. The Morgan fingerprint density at radius 3 is 2.55 bits per heavy atom. The first kappa shape index (κ1) is 27.7. The van der Waals surface area contributed by atoms with Crippen molar-refractivity contribution in [1.29, 1.82) is 0 Å². The molecule has 0 fully saturated rings. The highest BCUT2D eigenvalue weighted by Crippen LogP contribution is 2.30. The molecule has 0 saturated heterocycles. The maximum absolute atomic E-state index is 13.3. The molecule has 9 nitrogen and oxygen atoms in total. The molecule has 4 aromatic rings. The summed E-state index contributed by atoms with van der Waals surface area (Å²) in [5.74, 6) is 1.48. The van der Waals surface area contributed by atoms with Gasteiger partial charge in [0, 0.05) is 28.0 Å². The van der Waals surface area contributed by atoms with Crippen molar-refractivity contribution in [3.8, 4) is 17.2 Å². The van der Waals surface area contributed by atoms with Gasteiger partial charge in [-0.05, 0) is 66.9 Å². The zero-order valence-corrected chi connectivity index (χ0v) is 24.5. The van der Waals surface area contributed by atoms with Crippen LogP contribution in [0, 0.1) is 0 Å². The third-order valence-corrected chi connectivity index (χ3v) is 8.02. The van der Waals surface area contributed by atoms with E-state index in [0.717, 1.165) is 28.7 Å². The molecule has 2 heterocycles. The number of amides is 2. The number of carbonyl (C=O) groups excluding carboxylic acids is 2. The molecule has 206 valence electrons. The molecule has 1 aliphatic rings. The van der Waals surface area contributed by atoms with E-state index in [-0.39, 0.29) is 24.1 Å². The largest absolute Gasteiger partial charge is 0.493 e. The number of hydrogen-bond donors (Lipinski definition) is 1. The molecule has 0 unspecified atom stereocenters. The summed E-state index contributed by atoms with van der Waals surface area (Å²) in [5, 5.41) is 12.2. The average Bonchev–Trinajstić information content (AvgIpc) is 3.40. The van der Waals surface area contributed by atoms with Crippen molar-refractivity contribution in [2.24, 2.45) is 0 Å². The Bertz CT molecular complexity index is 1530. The Kier molecular flexibility index (Phi) is 8.71. The van der Waals surface area contributed by atoms with E-state index in [9.17, 15) is 9.59 Å². The number of nitrogens with one attached hydrogen (secondary N) is 1. The lowest BCUT2D eigenvalue weighted by Crippen LogP contribution is -2.36. The van der Waals surface area contributed by atoms with E-state index in [4.69, 9.17) is 9.47 Å². The number of methoxy groups -OCH3 is 2. The van der Waals surface area contributed by atoms with E-state index >= 15 is 0 Å². The Morgan fingerprint density at radius 1 is 1.00 bits per heavy atom. The maximum atomic E-state index is 13.3. The van der Waals surface area contributed by atoms with E-state index < -0.39 is 0 Å². The van der Waals surface area contributed by atoms with Crippen LogP contribution in [0.4, 0.5) is 5.69 Å². The molecule has 0 bridgehead atoms. The van der Waals surface area contributed by atoms with Crippen molar-refractivity contribution < 1.29 is 19.1 Å². The summed E-state index contributed by atoms with van der Waals surface area (Å²) in [5.41, 5.74) is 3.42. The van der Waals surface area contributed by atoms with Crippen LogP contribution in [0.15, 0.2) is 76.4 Å². The molecule has 0 radical (unpaired) electrons. The average molecular weight is 623 g/mol. The number of nitrogens with zero attached hydrogens (tertiary/aromatic N) is 4. The number of anilines is 1. The van der Waals surface area contributed by atoms with Gasteiger partial charge in [0.2, 0.25) is 5.91 Å². The number of aromatic nitrogens is 3. The minimum Gasteiger partial charge on any atom is -0.493 e. The lowest BCUT2D eigenvalue weighted by molar-refractivity contribution is -0.116. The van der Waals surface area contributed by atoms with E-state index in [1.54, 1.807) is 25.3 Å². The summed E-state index contributed by atoms with van der Waals surface area (Å²) in [6, 6.07) is 20.7. The molecule has 40 heavy (non-hydrogen) atoms. The van der Waals surface area contributed by atoms with Crippen LogP contribution in [0.25, 0.3) is 5.69 Å². The molecule has 0 saturated carbocycles. The Labute approximate surface area is 245 Å². The molecule has 1 aliphatic heterocycles. The summed E-state index contributed by atoms with van der Waals surface area (Å²) in [6.45, 7) is 0.827. The molecule has 1 N–H and O–H groups in total. The fraction of sp³-hybridized carbons (Fsp3) is 0.241. The number of para-hydroxylation sites is 1. The fourth-order valence-corrected chi connectivity index (χ4v) is 5.70. The van der Waals surface area contributed by atoms with E-state index in [1.165, 1.54) is 24.4 Å². The third-order valence-electron chi connectivity index (χ3n) is 6.57. The van der Waals surface area contributed by atoms with Gasteiger partial charge in [-0.25, -0.2) is 0 Å². The second-order valence-electron chi connectivity index (χ2n) is 9.03. The monoisotopic (exact) mass is 621 g/mol. The van der Waals surface area contributed by atoms with Crippen LogP contribution in [0.3, 0.4) is 0 Å². The highest BCUT2D eigenvalue weighted by atomic mass is 79.9. The minimum absolute atomic E-state index is 0.0193. The topological polar surface area (TPSA) is 98.6 Å². The summed E-state index contributed by atoms with van der Waals surface area (Å²) in [7, 11) is 3.06. The molecule has 0 atom stereocenters. The number of benzene rings is 3. The second-order valence-corrected chi connectivity index (χ2v) is 10.9. The molecule has 5 rings (SSSR count). The van der Waals surface area contributed by atoms with Crippen molar-refractivity contribution in [2.45, 2.75) is 24.5 Å².